The fourth-order valence-electron chi connectivity index (χ4n) is 3.97. The van der Waals surface area contributed by atoms with Crippen molar-refractivity contribution >= 4 is 12.0 Å². The largest absolute Gasteiger partial charge is 0.416 e. The van der Waals surface area contributed by atoms with Crippen molar-refractivity contribution in [1.82, 2.24) is 9.88 Å². The van der Waals surface area contributed by atoms with Crippen LogP contribution in [-0.2, 0) is 11.0 Å². The molecular weight excluding hydrogens is 391 g/mol. The Morgan fingerprint density at radius 1 is 1.20 bits per heavy atom. The van der Waals surface area contributed by atoms with Gasteiger partial charge < -0.3 is 9.88 Å². The molecule has 30 heavy (non-hydrogen) atoms. The Kier molecular flexibility index (Phi) is 6.35. The summed E-state index contributed by atoms with van der Waals surface area (Å²) in [6.07, 6.45) is 2.19. The summed E-state index contributed by atoms with van der Waals surface area (Å²) in [4.78, 5) is 12.5. The van der Waals surface area contributed by atoms with Crippen LogP contribution in [0, 0.1) is 25.2 Å². The summed E-state index contributed by atoms with van der Waals surface area (Å²) in [7, 11) is 0. The van der Waals surface area contributed by atoms with Crippen LogP contribution in [0.5, 0.6) is 0 Å². The number of rotatable bonds is 4. The minimum absolute atomic E-state index is 0.00938. The van der Waals surface area contributed by atoms with E-state index in [-0.39, 0.29) is 11.6 Å². The summed E-state index contributed by atoms with van der Waals surface area (Å²) < 4.78 is 41.0. The van der Waals surface area contributed by atoms with E-state index in [1.165, 1.54) is 12.1 Å². The number of alkyl halides is 3. The highest BCUT2D eigenvalue weighted by Crippen LogP contribution is 2.31. The lowest BCUT2D eigenvalue weighted by molar-refractivity contribution is -0.137. The van der Waals surface area contributed by atoms with Crippen LogP contribution in [0.15, 0.2) is 35.9 Å². The first-order valence-corrected chi connectivity index (χ1v) is 10.00. The maximum atomic E-state index is 13.1. The zero-order valence-electron chi connectivity index (χ0n) is 17.0. The molecule has 1 aromatic carbocycles. The molecule has 0 atom stereocenters. The van der Waals surface area contributed by atoms with E-state index >= 15 is 0 Å². The van der Waals surface area contributed by atoms with Crippen molar-refractivity contribution in [2.45, 2.75) is 58.2 Å². The Morgan fingerprint density at radius 2 is 1.90 bits per heavy atom. The van der Waals surface area contributed by atoms with E-state index in [0.717, 1.165) is 44.2 Å². The highest BCUT2D eigenvalue weighted by molar-refractivity contribution is 6.02. The number of hydrogen-bond acceptors (Lipinski definition) is 2. The van der Waals surface area contributed by atoms with Gasteiger partial charge in [-0.05, 0) is 62.6 Å². The van der Waals surface area contributed by atoms with Gasteiger partial charge in [-0.25, -0.2) is 0 Å². The van der Waals surface area contributed by atoms with Crippen molar-refractivity contribution in [2.75, 3.05) is 0 Å². The second kappa shape index (κ2) is 8.78. The Balaban J connectivity index is 1.91. The van der Waals surface area contributed by atoms with Crippen LogP contribution in [-0.4, -0.2) is 16.5 Å². The first kappa shape index (κ1) is 21.7. The van der Waals surface area contributed by atoms with Gasteiger partial charge in [-0.1, -0.05) is 25.3 Å². The van der Waals surface area contributed by atoms with Crippen LogP contribution in [0.4, 0.5) is 13.2 Å². The zero-order chi connectivity index (χ0) is 21.9. The van der Waals surface area contributed by atoms with Crippen LogP contribution in [0.1, 0.15) is 54.6 Å². The number of nitrogens with zero attached hydrogens (tertiary/aromatic N) is 2. The maximum absolute atomic E-state index is 13.1. The molecular formula is C23H24F3N3O. The lowest BCUT2D eigenvalue weighted by atomic mass is 9.95. The van der Waals surface area contributed by atoms with Crippen molar-refractivity contribution in [3.63, 3.8) is 0 Å². The zero-order valence-corrected chi connectivity index (χ0v) is 17.0. The van der Waals surface area contributed by atoms with Crippen LogP contribution in [0.25, 0.3) is 11.8 Å². The van der Waals surface area contributed by atoms with E-state index in [1.807, 2.05) is 6.07 Å². The van der Waals surface area contributed by atoms with Crippen LogP contribution in [0.3, 0.4) is 0 Å². The van der Waals surface area contributed by atoms with E-state index in [2.05, 4.69) is 5.32 Å². The molecule has 4 nitrogen and oxygen atoms in total. The number of carbonyl (C=O) groups excluding carboxylic acids is 1. The second-order valence-electron chi connectivity index (χ2n) is 7.69. The van der Waals surface area contributed by atoms with E-state index in [4.69, 9.17) is 0 Å². The number of amides is 1. The van der Waals surface area contributed by atoms with Gasteiger partial charge in [0.1, 0.15) is 11.6 Å². The molecule has 0 spiro atoms. The molecule has 1 heterocycles. The van der Waals surface area contributed by atoms with Crippen molar-refractivity contribution < 1.29 is 18.0 Å². The summed E-state index contributed by atoms with van der Waals surface area (Å²) in [6.45, 7) is 3.53. The summed E-state index contributed by atoms with van der Waals surface area (Å²) in [5.74, 6) is -0.409. The summed E-state index contributed by atoms with van der Waals surface area (Å²) in [5.41, 5.74) is 1.64. The third kappa shape index (κ3) is 4.76. The molecule has 0 radical (unpaired) electrons. The van der Waals surface area contributed by atoms with Crippen LogP contribution < -0.4 is 5.32 Å². The molecule has 0 unspecified atom stereocenters. The van der Waals surface area contributed by atoms with Crippen molar-refractivity contribution in [3.05, 3.63) is 58.4 Å². The average molecular weight is 415 g/mol. The predicted molar refractivity (Wildman–Crippen MR) is 109 cm³/mol. The predicted octanol–water partition coefficient (Wildman–Crippen LogP) is 5.47. The lowest BCUT2D eigenvalue weighted by Gasteiger charge is -2.22. The fourth-order valence-corrected chi connectivity index (χ4v) is 3.97. The molecule has 0 aliphatic heterocycles. The monoisotopic (exact) mass is 415 g/mol. The van der Waals surface area contributed by atoms with Crippen LogP contribution in [0.2, 0.25) is 0 Å². The summed E-state index contributed by atoms with van der Waals surface area (Å²) in [6, 6.07) is 8.89. The van der Waals surface area contributed by atoms with Crippen molar-refractivity contribution in [1.29, 1.82) is 5.26 Å². The SMILES string of the molecule is Cc1cc(/C=C(/C#N)C(=O)NC2CCCCC2)c(C)n1-c1cccc(C(F)(F)F)c1. The molecule has 1 saturated carbocycles. The molecule has 1 fully saturated rings. The van der Waals surface area contributed by atoms with Crippen molar-refractivity contribution in [3.8, 4) is 11.8 Å². The van der Waals surface area contributed by atoms with E-state index in [1.54, 1.807) is 30.5 Å². The van der Waals surface area contributed by atoms with E-state index < -0.39 is 17.6 Å². The average Bonchev–Trinajstić information content (AvgIpc) is 2.99. The topological polar surface area (TPSA) is 57.8 Å². The quantitative estimate of drug-likeness (QED) is 0.532. The molecule has 3 rings (SSSR count). The van der Waals surface area contributed by atoms with E-state index in [9.17, 15) is 23.2 Å². The molecule has 0 saturated heterocycles. The van der Waals surface area contributed by atoms with E-state index in [0.29, 0.717) is 22.6 Å². The Labute approximate surface area is 174 Å². The van der Waals surface area contributed by atoms with Gasteiger partial charge in [-0.15, -0.1) is 0 Å². The molecule has 0 bridgehead atoms. The Morgan fingerprint density at radius 3 is 2.53 bits per heavy atom. The number of benzene rings is 1. The smallest absolute Gasteiger partial charge is 0.349 e. The number of aromatic nitrogens is 1. The fraction of sp³-hybridized carbons (Fsp3) is 0.391. The Bertz CT molecular complexity index is 1010. The van der Waals surface area contributed by atoms with Gasteiger partial charge in [0.2, 0.25) is 0 Å². The Hall–Kier alpha value is -3.01. The number of nitriles is 1. The number of hydrogen-bond donors (Lipinski definition) is 1. The van der Waals surface area contributed by atoms with Gasteiger partial charge >= 0.3 is 6.18 Å². The van der Waals surface area contributed by atoms with Gasteiger partial charge in [-0.2, -0.15) is 18.4 Å². The second-order valence-corrected chi connectivity index (χ2v) is 7.69. The highest BCUT2D eigenvalue weighted by Gasteiger charge is 2.30. The normalized spacial score (nSPS) is 15.7. The van der Waals surface area contributed by atoms with Gasteiger partial charge in [0, 0.05) is 23.1 Å². The van der Waals surface area contributed by atoms with Gasteiger partial charge in [0.25, 0.3) is 5.91 Å². The maximum Gasteiger partial charge on any atom is 0.416 e. The minimum Gasteiger partial charge on any atom is -0.349 e. The number of carbonyl (C=O) groups is 1. The first-order chi connectivity index (χ1) is 14.2. The van der Waals surface area contributed by atoms with Crippen LogP contribution >= 0.6 is 0 Å². The first-order valence-electron chi connectivity index (χ1n) is 10.00. The van der Waals surface area contributed by atoms with Gasteiger partial charge in [0.05, 0.1) is 5.56 Å². The lowest BCUT2D eigenvalue weighted by Crippen LogP contribution is -2.36. The van der Waals surface area contributed by atoms with Gasteiger partial charge in [-0.3, -0.25) is 4.79 Å². The van der Waals surface area contributed by atoms with Gasteiger partial charge in [0.15, 0.2) is 0 Å². The molecule has 1 aliphatic carbocycles. The number of aryl methyl sites for hydroxylation is 1. The third-order valence-corrected chi connectivity index (χ3v) is 5.51. The summed E-state index contributed by atoms with van der Waals surface area (Å²) in [5, 5.41) is 12.4. The minimum atomic E-state index is -4.43. The standard InChI is InChI=1S/C23H24F3N3O/c1-15-11-17(12-18(14-27)22(30)28-20-8-4-3-5-9-20)16(2)29(15)21-10-6-7-19(13-21)23(24,25)26/h6-7,10-13,20H,3-5,8-9H2,1-2H3,(H,28,30)/b18-12-. The molecule has 1 amide bonds. The van der Waals surface area contributed by atoms with Crippen molar-refractivity contribution in [2.24, 2.45) is 0 Å². The molecule has 158 valence electrons. The molecule has 7 heteroatoms. The number of halogens is 3. The molecule has 1 aliphatic rings. The summed E-state index contributed by atoms with van der Waals surface area (Å²) >= 11 is 0. The third-order valence-electron chi connectivity index (χ3n) is 5.51. The highest BCUT2D eigenvalue weighted by atomic mass is 19.4. The molecule has 1 aromatic heterocycles. The number of nitrogens with one attached hydrogen (secondary N) is 1. The molecule has 2 aromatic rings. The molecule has 1 N–H and O–H groups in total.